The van der Waals surface area contributed by atoms with Gasteiger partial charge in [0, 0.05) is 30.7 Å². The predicted octanol–water partition coefficient (Wildman–Crippen LogP) is 5.48. The van der Waals surface area contributed by atoms with Gasteiger partial charge in [0.25, 0.3) is 0 Å². The molecule has 0 bridgehead atoms. The Hall–Kier alpha value is -2.75. The van der Waals surface area contributed by atoms with Gasteiger partial charge in [-0.25, -0.2) is 4.98 Å². The van der Waals surface area contributed by atoms with Crippen molar-refractivity contribution in [3.63, 3.8) is 0 Å². The van der Waals surface area contributed by atoms with Crippen LogP contribution in [0.3, 0.4) is 0 Å². The Morgan fingerprint density at radius 3 is 2.10 bits per heavy atom. The Balaban J connectivity index is 1.99. The SMILES string of the molecule is Cc1cccc(C)c1C1N(c2ccccc2)C(C(C)C)[C@H](C)N1c1nccn1C. The van der Waals surface area contributed by atoms with Crippen LogP contribution < -0.4 is 9.80 Å². The van der Waals surface area contributed by atoms with Crippen LogP contribution in [0.15, 0.2) is 60.9 Å². The number of aryl methyl sites for hydroxylation is 3. The van der Waals surface area contributed by atoms with E-state index in [1.165, 1.54) is 22.4 Å². The summed E-state index contributed by atoms with van der Waals surface area (Å²) in [4.78, 5) is 9.91. The number of hydrogen-bond donors (Lipinski definition) is 0. The summed E-state index contributed by atoms with van der Waals surface area (Å²) in [5, 5.41) is 0. The van der Waals surface area contributed by atoms with Gasteiger partial charge in [0.05, 0.1) is 12.1 Å². The molecule has 1 aliphatic heterocycles. The summed E-state index contributed by atoms with van der Waals surface area (Å²) < 4.78 is 2.14. The fraction of sp³-hybridized carbons (Fsp3) is 0.400. The lowest BCUT2D eigenvalue weighted by molar-refractivity contribution is 0.453. The Morgan fingerprint density at radius 1 is 0.897 bits per heavy atom. The zero-order valence-electron chi connectivity index (χ0n) is 18.4. The van der Waals surface area contributed by atoms with Gasteiger partial charge >= 0.3 is 0 Å². The molecule has 3 aromatic rings. The van der Waals surface area contributed by atoms with Crippen LogP contribution in [0.1, 0.15) is 43.6 Å². The highest BCUT2D eigenvalue weighted by Crippen LogP contribution is 2.46. The maximum absolute atomic E-state index is 4.77. The summed E-state index contributed by atoms with van der Waals surface area (Å²) in [6.07, 6.45) is 4.04. The van der Waals surface area contributed by atoms with Crippen molar-refractivity contribution in [2.24, 2.45) is 13.0 Å². The van der Waals surface area contributed by atoms with Crippen LogP contribution in [0.25, 0.3) is 0 Å². The molecule has 2 aromatic carbocycles. The standard InChI is InChI=1S/C25H32N4/c1-17(2)23-20(5)28(25-26-15-16-27(25)6)24(22-18(3)11-10-12-19(22)4)29(23)21-13-8-7-9-14-21/h7-17,20,23-24H,1-6H3/t20-,23?,24?/m0/s1. The van der Waals surface area contributed by atoms with Gasteiger partial charge in [-0.15, -0.1) is 0 Å². The molecule has 1 saturated heterocycles. The van der Waals surface area contributed by atoms with Crippen molar-refractivity contribution in [1.29, 1.82) is 0 Å². The van der Waals surface area contributed by atoms with Gasteiger partial charge in [-0.05, 0) is 49.9 Å². The highest BCUT2D eigenvalue weighted by Gasteiger charge is 2.48. The van der Waals surface area contributed by atoms with Crippen LogP contribution in [0.5, 0.6) is 0 Å². The Kier molecular flexibility index (Phi) is 5.12. The van der Waals surface area contributed by atoms with Gasteiger partial charge < -0.3 is 14.4 Å². The third kappa shape index (κ3) is 3.21. The molecule has 0 saturated carbocycles. The number of aromatic nitrogens is 2. The van der Waals surface area contributed by atoms with Crippen molar-refractivity contribution in [2.75, 3.05) is 9.80 Å². The van der Waals surface area contributed by atoms with Gasteiger partial charge in [-0.3, -0.25) is 0 Å². The van der Waals surface area contributed by atoms with E-state index < -0.39 is 0 Å². The molecule has 29 heavy (non-hydrogen) atoms. The van der Waals surface area contributed by atoms with E-state index in [1.807, 2.05) is 12.4 Å². The highest BCUT2D eigenvalue weighted by molar-refractivity contribution is 5.60. The molecule has 3 atom stereocenters. The van der Waals surface area contributed by atoms with E-state index in [0.717, 1.165) is 5.95 Å². The first-order valence-corrected chi connectivity index (χ1v) is 10.6. The topological polar surface area (TPSA) is 24.3 Å². The summed E-state index contributed by atoms with van der Waals surface area (Å²) >= 11 is 0. The van der Waals surface area contributed by atoms with E-state index in [0.29, 0.717) is 18.0 Å². The second kappa shape index (κ2) is 7.58. The summed E-state index contributed by atoms with van der Waals surface area (Å²) in [5.74, 6) is 1.52. The van der Waals surface area contributed by atoms with Gasteiger partial charge in [0.2, 0.25) is 5.95 Å². The van der Waals surface area contributed by atoms with Crippen LogP contribution in [0.4, 0.5) is 11.6 Å². The fourth-order valence-corrected chi connectivity index (χ4v) is 5.12. The molecule has 152 valence electrons. The van der Waals surface area contributed by atoms with Gasteiger partial charge in [0.1, 0.15) is 6.17 Å². The van der Waals surface area contributed by atoms with Crippen molar-refractivity contribution in [2.45, 2.75) is 52.9 Å². The Morgan fingerprint density at radius 2 is 1.55 bits per heavy atom. The third-order valence-electron chi connectivity index (χ3n) is 6.35. The van der Waals surface area contributed by atoms with Crippen molar-refractivity contribution in [3.8, 4) is 0 Å². The number of benzene rings is 2. The second-order valence-electron chi connectivity index (χ2n) is 8.64. The maximum Gasteiger partial charge on any atom is 0.207 e. The average Bonchev–Trinajstić information content (AvgIpc) is 3.23. The molecule has 0 radical (unpaired) electrons. The number of rotatable bonds is 4. The second-order valence-corrected chi connectivity index (χ2v) is 8.64. The quantitative estimate of drug-likeness (QED) is 0.592. The molecule has 0 spiro atoms. The molecule has 1 aromatic heterocycles. The van der Waals surface area contributed by atoms with Crippen LogP contribution in [0, 0.1) is 19.8 Å². The van der Waals surface area contributed by atoms with Gasteiger partial charge in [-0.1, -0.05) is 50.2 Å². The normalized spacial score (nSPS) is 22.0. The predicted molar refractivity (Wildman–Crippen MR) is 121 cm³/mol. The molecule has 0 N–H and O–H groups in total. The monoisotopic (exact) mass is 388 g/mol. The lowest BCUT2D eigenvalue weighted by Crippen LogP contribution is -2.40. The van der Waals surface area contributed by atoms with E-state index in [4.69, 9.17) is 4.98 Å². The van der Waals surface area contributed by atoms with Gasteiger partial charge in [0.15, 0.2) is 0 Å². The van der Waals surface area contributed by atoms with Crippen molar-refractivity contribution < 1.29 is 0 Å². The molecular weight excluding hydrogens is 356 g/mol. The van der Waals surface area contributed by atoms with E-state index in [-0.39, 0.29) is 6.17 Å². The fourth-order valence-electron chi connectivity index (χ4n) is 5.12. The van der Waals surface area contributed by atoms with Crippen molar-refractivity contribution in [3.05, 3.63) is 77.6 Å². The number of anilines is 2. The number of para-hydroxylation sites is 1. The average molecular weight is 389 g/mol. The minimum absolute atomic E-state index is 0.0992. The van der Waals surface area contributed by atoms with E-state index in [9.17, 15) is 0 Å². The van der Waals surface area contributed by atoms with E-state index in [1.54, 1.807) is 0 Å². The van der Waals surface area contributed by atoms with E-state index >= 15 is 0 Å². The molecule has 0 aliphatic carbocycles. The summed E-state index contributed by atoms with van der Waals surface area (Å²) in [5.41, 5.74) is 5.30. The first kappa shape index (κ1) is 19.6. The van der Waals surface area contributed by atoms with Crippen LogP contribution >= 0.6 is 0 Å². The summed E-state index contributed by atoms with van der Waals surface area (Å²) in [6.45, 7) is 11.5. The van der Waals surface area contributed by atoms with Crippen LogP contribution in [0.2, 0.25) is 0 Å². The first-order chi connectivity index (χ1) is 13.9. The Bertz CT molecular complexity index is 955. The Labute approximate surface area is 174 Å². The molecule has 4 nitrogen and oxygen atoms in total. The largest absolute Gasteiger partial charge is 0.342 e. The molecule has 1 aliphatic rings. The maximum atomic E-state index is 4.77. The zero-order chi connectivity index (χ0) is 20.7. The molecule has 4 rings (SSSR count). The minimum atomic E-state index is 0.0992. The van der Waals surface area contributed by atoms with E-state index in [2.05, 4.69) is 105 Å². The van der Waals surface area contributed by atoms with Crippen molar-refractivity contribution in [1.82, 2.24) is 9.55 Å². The smallest absolute Gasteiger partial charge is 0.207 e. The lowest BCUT2D eigenvalue weighted by Gasteiger charge is -2.37. The lowest BCUT2D eigenvalue weighted by atomic mass is 9.96. The summed E-state index contributed by atoms with van der Waals surface area (Å²) in [6, 6.07) is 18.2. The first-order valence-electron chi connectivity index (χ1n) is 10.6. The van der Waals surface area contributed by atoms with Crippen LogP contribution in [-0.2, 0) is 7.05 Å². The number of hydrogen-bond acceptors (Lipinski definition) is 3. The molecule has 0 amide bonds. The van der Waals surface area contributed by atoms with Crippen molar-refractivity contribution >= 4 is 11.6 Å². The van der Waals surface area contributed by atoms with Gasteiger partial charge in [-0.2, -0.15) is 0 Å². The minimum Gasteiger partial charge on any atom is -0.342 e. The molecule has 4 heteroatoms. The third-order valence-corrected chi connectivity index (χ3v) is 6.35. The molecule has 2 unspecified atom stereocenters. The number of imidazole rings is 1. The molecular formula is C25H32N4. The highest BCUT2D eigenvalue weighted by atomic mass is 15.5. The number of nitrogens with zero attached hydrogens (tertiary/aromatic N) is 4. The zero-order valence-corrected chi connectivity index (χ0v) is 18.4. The van der Waals surface area contributed by atoms with Crippen LogP contribution in [-0.4, -0.2) is 21.6 Å². The molecule has 2 heterocycles. The molecule has 1 fully saturated rings. The summed E-state index contributed by atoms with van der Waals surface area (Å²) in [7, 11) is 2.09.